The largest absolute Gasteiger partial charge is 0.496 e. The van der Waals surface area contributed by atoms with Crippen LogP contribution in [-0.2, 0) is 0 Å². The highest BCUT2D eigenvalue weighted by Crippen LogP contribution is 2.31. The van der Waals surface area contributed by atoms with E-state index in [1.165, 1.54) is 0 Å². The van der Waals surface area contributed by atoms with E-state index in [-0.39, 0.29) is 0 Å². The lowest BCUT2D eigenvalue weighted by Gasteiger charge is -2.09. The van der Waals surface area contributed by atoms with Crippen molar-refractivity contribution in [3.63, 3.8) is 0 Å². The lowest BCUT2D eigenvalue weighted by atomic mass is 10.2. The van der Waals surface area contributed by atoms with Crippen LogP contribution in [0.4, 0.5) is 5.82 Å². The molecule has 0 aliphatic rings. The van der Waals surface area contributed by atoms with Crippen LogP contribution in [0, 0.1) is 3.57 Å². The third-order valence-electron chi connectivity index (χ3n) is 2.39. The number of ether oxygens (including phenoxy) is 1. The van der Waals surface area contributed by atoms with Gasteiger partial charge in [0.05, 0.1) is 16.2 Å². The minimum Gasteiger partial charge on any atom is -0.496 e. The van der Waals surface area contributed by atoms with E-state index >= 15 is 0 Å². The summed E-state index contributed by atoms with van der Waals surface area (Å²) >= 11 is 8.11. The number of benzene rings is 1. The van der Waals surface area contributed by atoms with Crippen LogP contribution in [0.1, 0.15) is 0 Å². The molecule has 0 aliphatic carbocycles. The van der Waals surface area contributed by atoms with Crippen molar-refractivity contribution in [2.75, 3.05) is 19.5 Å². The Labute approximate surface area is 124 Å². The summed E-state index contributed by atoms with van der Waals surface area (Å²) in [5, 5.41) is 3.65. The van der Waals surface area contributed by atoms with Crippen LogP contribution < -0.4 is 10.1 Å². The molecule has 18 heavy (non-hydrogen) atoms. The molecule has 0 saturated heterocycles. The fourth-order valence-corrected chi connectivity index (χ4v) is 2.21. The lowest BCUT2D eigenvalue weighted by Crippen LogP contribution is -2.00. The molecule has 2 aromatic rings. The number of hydrogen-bond acceptors (Lipinski definition) is 4. The maximum absolute atomic E-state index is 5.93. The predicted molar refractivity (Wildman–Crippen MR) is 81.3 cm³/mol. The molecule has 6 heteroatoms. The van der Waals surface area contributed by atoms with Gasteiger partial charge in [0, 0.05) is 18.3 Å². The minimum absolute atomic E-state index is 0.605. The normalized spacial score (nSPS) is 10.2. The molecule has 4 nitrogen and oxygen atoms in total. The van der Waals surface area contributed by atoms with Gasteiger partial charge in [-0.25, -0.2) is 9.97 Å². The number of halogens is 2. The van der Waals surface area contributed by atoms with Crippen molar-refractivity contribution in [3.8, 4) is 17.1 Å². The zero-order valence-corrected chi connectivity index (χ0v) is 12.8. The molecule has 0 aliphatic heterocycles. The summed E-state index contributed by atoms with van der Waals surface area (Å²) in [6.45, 7) is 0. The Bertz CT molecular complexity index is 577. The fourth-order valence-electron chi connectivity index (χ4n) is 1.52. The molecule has 1 N–H and O–H groups in total. The molecular formula is C12H11ClIN3O. The Morgan fingerprint density at radius 1 is 1.39 bits per heavy atom. The second-order valence-electron chi connectivity index (χ2n) is 3.48. The van der Waals surface area contributed by atoms with Gasteiger partial charge < -0.3 is 10.1 Å². The Morgan fingerprint density at radius 2 is 2.17 bits per heavy atom. The molecule has 0 fully saturated rings. The summed E-state index contributed by atoms with van der Waals surface area (Å²) < 4.78 is 6.26. The maximum atomic E-state index is 5.93. The van der Waals surface area contributed by atoms with E-state index in [2.05, 4.69) is 37.9 Å². The second-order valence-corrected chi connectivity index (χ2v) is 5.08. The number of anilines is 1. The highest BCUT2D eigenvalue weighted by Gasteiger charge is 2.11. The van der Waals surface area contributed by atoms with E-state index in [1.54, 1.807) is 25.4 Å². The molecule has 1 aromatic carbocycles. The van der Waals surface area contributed by atoms with Gasteiger partial charge in [0.15, 0.2) is 5.82 Å². The van der Waals surface area contributed by atoms with Gasteiger partial charge in [-0.3, -0.25) is 0 Å². The molecule has 1 aromatic heterocycles. The van der Waals surface area contributed by atoms with Crippen molar-refractivity contribution < 1.29 is 4.74 Å². The summed E-state index contributed by atoms with van der Waals surface area (Å²) in [5.41, 5.74) is 0.815. The van der Waals surface area contributed by atoms with Crippen molar-refractivity contribution >= 4 is 40.0 Å². The van der Waals surface area contributed by atoms with Crippen LogP contribution in [0.15, 0.2) is 24.4 Å². The fraction of sp³-hybridized carbons (Fsp3) is 0.167. The Hall–Kier alpha value is -1.08. The lowest BCUT2D eigenvalue weighted by molar-refractivity contribution is 0.416. The van der Waals surface area contributed by atoms with E-state index in [1.807, 2.05) is 13.1 Å². The monoisotopic (exact) mass is 375 g/mol. The predicted octanol–water partition coefficient (Wildman–Crippen LogP) is 3.45. The molecule has 0 bridgehead atoms. The van der Waals surface area contributed by atoms with Gasteiger partial charge in [0.25, 0.3) is 0 Å². The van der Waals surface area contributed by atoms with Crippen molar-refractivity contribution in [1.82, 2.24) is 9.97 Å². The van der Waals surface area contributed by atoms with E-state index in [0.29, 0.717) is 16.6 Å². The van der Waals surface area contributed by atoms with E-state index in [4.69, 9.17) is 16.3 Å². The Kier molecular flexibility index (Phi) is 4.23. The van der Waals surface area contributed by atoms with Gasteiger partial charge in [-0.15, -0.1) is 0 Å². The SMILES string of the molecule is CNc1nc(-c2ccc(Cl)cc2OC)ncc1I. The quantitative estimate of drug-likeness (QED) is 0.835. The molecule has 2 rings (SSSR count). The molecule has 0 amide bonds. The van der Waals surface area contributed by atoms with E-state index < -0.39 is 0 Å². The number of hydrogen-bond donors (Lipinski definition) is 1. The number of nitrogens with zero attached hydrogens (tertiary/aromatic N) is 2. The third kappa shape index (κ3) is 2.67. The van der Waals surface area contributed by atoms with Gasteiger partial charge in [-0.1, -0.05) is 11.6 Å². The van der Waals surface area contributed by atoms with Crippen LogP contribution in [0.5, 0.6) is 5.75 Å². The van der Waals surface area contributed by atoms with Gasteiger partial charge >= 0.3 is 0 Å². The zero-order valence-electron chi connectivity index (χ0n) is 9.87. The van der Waals surface area contributed by atoms with Crippen LogP contribution in [0.3, 0.4) is 0 Å². The molecule has 94 valence electrons. The number of rotatable bonds is 3. The summed E-state index contributed by atoms with van der Waals surface area (Å²) in [5.74, 6) is 2.05. The Morgan fingerprint density at radius 3 is 2.83 bits per heavy atom. The maximum Gasteiger partial charge on any atom is 0.165 e. The molecule has 1 heterocycles. The molecule has 0 spiro atoms. The first-order valence-corrected chi connectivity index (χ1v) is 6.65. The molecule has 0 atom stereocenters. The highest BCUT2D eigenvalue weighted by molar-refractivity contribution is 14.1. The van der Waals surface area contributed by atoms with Crippen molar-refractivity contribution in [3.05, 3.63) is 33.0 Å². The van der Waals surface area contributed by atoms with Gasteiger partial charge in [0.2, 0.25) is 0 Å². The second kappa shape index (κ2) is 5.71. The number of aromatic nitrogens is 2. The van der Waals surface area contributed by atoms with Gasteiger partial charge in [0.1, 0.15) is 11.6 Å². The molecular weight excluding hydrogens is 365 g/mol. The summed E-state index contributed by atoms with van der Waals surface area (Å²) in [6, 6.07) is 5.39. The first kappa shape index (κ1) is 13.4. The van der Waals surface area contributed by atoms with Gasteiger partial charge in [-0.05, 0) is 40.8 Å². The summed E-state index contributed by atoms with van der Waals surface area (Å²) in [4.78, 5) is 8.76. The van der Waals surface area contributed by atoms with Crippen LogP contribution in [0.2, 0.25) is 5.02 Å². The first-order valence-electron chi connectivity index (χ1n) is 5.20. The standard InChI is InChI=1S/C12H11ClIN3O/c1-15-12-9(14)6-16-11(17-12)8-4-3-7(13)5-10(8)18-2/h3-6H,1-2H3,(H,15,16,17). The van der Waals surface area contributed by atoms with E-state index in [0.717, 1.165) is 15.0 Å². The number of methoxy groups -OCH3 is 1. The van der Waals surface area contributed by atoms with Crippen molar-refractivity contribution in [2.24, 2.45) is 0 Å². The summed E-state index contributed by atoms with van der Waals surface area (Å²) in [7, 11) is 3.42. The number of nitrogens with one attached hydrogen (secondary N) is 1. The van der Waals surface area contributed by atoms with Crippen LogP contribution in [0.25, 0.3) is 11.4 Å². The van der Waals surface area contributed by atoms with Crippen molar-refractivity contribution in [1.29, 1.82) is 0 Å². The average Bonchev–Trinajstić information content (AvgIpc) is 2.39. The summed E-state index contributed by atoms with van der Waals surface area (Å²) in [6.07, 6.45) is 1.77. The van der Waals surface area contributed by atoms with Crippen LogP contribution >= 0.6 is 34.2 Å². The van der Waals surface area contributed by atoms with Gasteiger partial charge in [-0.2, -0.15) is 0 Å². The topological polar surface area (TPSA) is 47.0 Å². The zero-order chi connectivity index (χ0) is 13.1. The van der Waals surface area contributed by atoms with Crippen LogP contribution in [-0.4, -0.2) is 24.1 Å². The molecule has 0 radical (unpaired) electrons. The van der Waals surface area contributed by atoms with E-state index in [9.17, 15) is 0 Å². The highest BCUT2D eigenvalue weighted by atomic mass is 127. The smallest absolute Gasteiger partial charge is 0.165 e. The van der Waals surface area contributed by atoms with Crippen molar-refractivity contribution in [2.45, 2.75) is 0 Å². The molecule has 0 unspecified atom stereocenters. The first-order chi connectivity index (χ1) is 8.65. The average molecular weight is 376 g/mol. The minimum atomic E-state index is 0.605. The Balaban J connectivity index is 2.54. The third-order valence-corrected chi connectivity index (χ3v) is 3.41. The molecule has 0 saturated carbocycles.